The van der Waals surface area contributed by atoms with Gasteiger partial charge < -0.3 is 16.0 Å². The fourth-order valence-electron chi connectivity index (χ4n) is 2.69. The highest BCUT2D eigenvalue weighted by Crippen LogP contribution is 2.20. The summed E-state index contributed by atoms with van der Waals surface area (Å²) in [4.78, 5) is 2.42. The zero-order valence-electron chi connectivity index (χ0n) is 11.6. The number of benzene rings is 1. The van der Waals surface area contributed by atoms with Crippen molar-refractivity contribution in [2.75, 3.05) is 37.7 Å². The van der Waals surface area contributed by atoms with E-state index in [1.807, 2.05) is 12.1 Å². The minimum atomic E-state index is 0.844. The minimum absolute atomic E-state index is 0.844. The number of nitrogens with one attached hydrogen (secondary N) is 1. The lowest BCUT2D eigenvalue weighted by Gasteiger charge is -2.29. The Morgan fingerprint density at radius 3 is 2.67 bits per heavy atom. The van der Waals surface area contributed by atoms with E-state index in [2.05, 4.69) is 30.3 Å². The van der Waals surface area contributed by atoms with Crippen molar-refractivity contribution in [2.45, 2.75) is 26.2 Å². The van der Waals surface area contributed by atoms with Crippen LogP contribution >= 0.6 is 0 Å². The molecule has 3 heteroatoms. The van der Waals surface area contributed by atoms with E-state index in [1.54, 1.807) is 0 Å². The van der Waals surface area contributed by atoms with Gasteiger partial charge in [0.25, 0.3) is 0 Å². The smallest absolute Gasteiger partial charge is 0.0363 e. The van der Waals surface area contributed by atoms with Gasteiger partial charge in [0.1, 0.15) is 0 Å². The average Bonchev–Trinajstić information content (AvgIpc) is 2.30. The van der Waals surface area contributed by atoms with E-state index >= 15 is 0 Å². The molecule has 100 valence electrons. The van der Waals surface area contributed by atoms with Crippen LogP contribution in [0.1, 0.15) is 24.8 Å². The van der Waals surface area contributed by atoms with Gasteiger partial charge >= 0.3 is 0 Å². The zero-order valence-corrected chi connectivity index (χ0v) is 11.6. The third kappa shape index (κ3) is 3.91. The fraction of sp³-hybridized carbons (Fsp3) is 0.600. The third-order valence-corrected chi connectivity index (χ3v) is 3.82. The van der Waals surface area contributed by atoms with Crippen LogP contribution in [0.15, 0.2) is 18.2 Å². The normalized spacial score (nSPS) is 17.9. The maximum atomic E-state index is 5.84. The van der Waals surface area contributed by atoms with Crippen molar-refractivity contribution >= 4 is 11.4 Å². The molecule has 3 N–H and O–H groups in total. The summed E-state index contributed by atoms with van der Waals surface area (Å²) in [5.74, 6) is 0.885. The van der Waals surface area contributed by atoms with Gasteiger partial charge in [0, 0.05) is 17.9 Å². The van der Waals surface area contributed by atoms with Crippen LogP contribution in [0.25, 0.3) is 0 Å². The Labute approximate surface area is 110 Å². The Morgan fingerprint density at radius 2 is 2.00 bits per heavy atom. The number of nitrogens with two attached hydrogens (primary N) is 1. The molecule has 1 fully saturated rings. The molecule has 1 aliphatic heterocycles. The molecule has 0 aromatic heterocycles. The number of piperidine rings is 1. The first-order valence-corrected chi connectivity index (χ1v) is 6.93. The first-order valence-electron chi connectivity index (χ1n) is 6.93. The van der Waals surface area contributed by atoms with Crippen LogP contribution in [-0.4, -0.2) is 31.6 Å². The predicted octanol–water partition coefficient (Wildman–Crippen LogP) is 2.72. The zero-order chi connectivity index (χ0) is 13.0. The summed E-state index contributed by atoms with van der Waals surface area (Å²) < 4.78 is 0. The minimum Gasteiger partial charge on any atom is -0.399 e. The summed E-state index contributed by atoms with van der Waals surface area (Å²) in [6, 6.07) is 6.18. The SMILES string of the molecule is Cc1cc(N)cc(NCCC2CCN(C)CC2)c1. The molecule has 0 unspecified atom stereocenters. The van der Waals surface area contributed by atoms with Gasteiger partial charge in [-0.2, -0.15) is 0 Å². The van der Waals surface area contributed by atoms with Gasteiger partial charge in [-0.3, -0.25) is 0 Å². The molecule has 2 rings (SSSR count). The Kier molecular flexibility index (Phi) is 4.48. The lowest BCUT2D eigenvalue weighted by Crippen LogP contribution is -2.30. The van der Waals surface area contributed by atoms with Crippen LogP contribution < -0.4 is 11.1 Å². The molecule has 0 amide bonds. The molecular formula is C15H25N3. The van der Waals surface area contributed by atoms with Gasteiger partial charge in [-0.05, 0) is 76.0 Å². The van der Waals surface area contributed by atoms with Gasteiger partial charge in [0.15, 0.2) is 0 Å². The van der Waals surface area contributed by atoms with Crippen LogP contribution in [0.2, 0.25) is 0 Å². The second-order valence-corrected chi connectivity index (χ2v) is 5.59. The molecule has 3 nitrogen and oxygen atoms in total. The maximum Gasteiger partial charge on any atom is 0.0363 e. The Bertz CT molecular complexity index is 361. The number of likely N-dealkylation sites (tertiary alicyclic amines) is 1. The van der Waals surface area contributed by atoms with Crippen molar-refractivity contribution < 1.29 is 0 Å². The molecule has 18 heavy (non-hydrogen) atoms. The lowest BCUT2D eigenvalue weighted by atomic mass is 9.94. The molecule has 0 atom stereocenters. The number of nitrogens with zero attached hydrogens (tertiary/aromatic N) is 1. The van der Waals surface area contributed by atoms with Crippen molar-refractivity contribution in [1.29, 1.82) is 0 Å². The van der Waals surface area contributed by atoms with Crippen molar-refractivity contribution in [2.24, 2.45) is 5.92 Å². The summed E-state index contributed by atoms with van der Waals surface area (Å²) >= 11 is 0. The second kappa shape index (κ2) is 6.10. The first kappa shape index (κ1) is 13.2. The number of hydrogen-bond acceptors (Lipinski definition) is 3. The summed E-state index contributed by atoms with van der Waals surface area (Å²) in [6.45, 7) is 5.64. The topological polar surface area (TPSA) is 41.3 Å². The monoisotopic (exact) mass is 247 g/mol. The van der Waals surface area contributed by atoms with E-state index in [4.69, 9.17) is 5.73 Å². The maximum absolute atomic E-state index is 5.84. The second-order valence-electron chi connectivity index (χ2n) is 5.59. The van der Waals surface area contributed by atoms with E-state index < -0.39 is 0 Å². The standard InChI is InChI=1S/C15H25N3/c1-12-9-14(16)11-15(10-12)17-6-3-13-4-7-18(2)8-5-13/h9-11,13,17H,3-8,16H2,1-2H3. The van der Waals surface area contributed by atoms with Gasteiger partial charge in [0.05, 0.1) is 0 Å². The Balaban J connectivity index is 1.74. The molecule has 0 saturated carbocycles. The van der Waals surface area contributed by atoms with E-state index in [0.717, 1.165) is 23.8 Å². The van der Waals surface area contributed by atoms with E-state index in [1.165, 1.54) is 37.9 Å². The number of hydrogen-bond donors (Lipinski definition) is 2. The third-order valence-electron chi connectivity index (χ3n) is 3.82. The van der Waals surface area contributed by atoms with Crippen LogP contribution in [0.3, 0.4) is 0 Å². The van der Waals surface area contributed by atoms with Crippen LogP contribution in [-0.2, 0) is 0 Å². The Hall–Kier alpha value is -1.22. The van der Waals surface area contributed by atoms with Gasteiger partial charge in [0.2, 0.25) is 0 Å². The molecule has 0 spiro atoms. The van der Waals surface area contributed by atoms with E-state index in [-0.39, 0.29) is 0 Å². The summed E-state index contributed by atoms with van der Waals surface area (Å²) in [6.07, 6.45) is 3.95. The van der Waals surface area contributed by atoms with Gasteiger partial charge in [-0.1, -0.05) is 0 Å². The van der Waals surface area contributed by atoms with Crippen molar-refractivity contribution in [1.82, 2.24) is 4.90 Å². The van der Waals surface area contributed by atoms with Crippen LogP contribution in [0.5, 0.6) is 0 Å². The highest BCUT2D eigenvalue weighted by Gasteiger charge is 2.15. The van der Waals surface area contributed by atoms with Crippen LogP contribution in [0, 0.1) is 12.8 Å². The molecule has 0 radical (unpaired) electrons. The van der Waals surface area contributed by atoms with Crippen molar-refractivity contribution in [3.8, 4) is 0 Å². The molecule has 0 aliphatic carbocycles. The van der Waals surface area contributed by atoms with E-state index in [0.29, 0.717) is 0 Å². The summed E-state index contributed by atoms with van der Waals surface area (Å²) in [7, 11) is 2.21. The highest BCUT2D eigenvalue weighted by atomic mass is 15.1. The van der Waals surface area contributed by atoms with Gasteiger partial charge in [-0.15, -0.1) is 0 Å². The lowest BCUT2D eigenvalue weighted by molar-refractivity contribution is 0.215. The molecule has 1 saturated heterocycles. The number of nitrogen functional groups attached to an aromatic ring is 1. The van der Waals surface area contributed by atoms with Crippen molar-refractivity contribution in [3.63, 3.8) is 0 Å². The van der Waals surface area contributed by atoms with E-state index in [9.17, 15) is 0 Å². The average molecular weight is 247 g/mol. The quantitative estimate of drug-likeness (QED) is 0.804. The largest absolute Gasteiger partial charge is 0.399 e. The molecule has 1 aliphatic rings. The molecular weight excluding hydrogens is 222 g/mol. The number of aryl methyl sites for hydroxylation is 1. The molecule has 1 aromatic rings. The highest BCUT2D eigenvalue weighted by molar-refractivity contribution is 5.56. The summed E-state index contributed by atoms with van der Waals surface area (Å²) in [5, 5.41) is 3.49. The summed E-state index contributed by atoms with van der Waals surface area (Å²) in [5.41, 5.74) is 9.06. The molecule has 1 aromatic carbocycles. The Morgan fingerprint density at radius 1 is 1.28 bits per heavy atom. The predicted molar refractivity (Wildman–Crippen MR) is 78.9 cm³/mol. The number of anilines is 2. The first-order chi connectivity index (χ1) is 8.63. The van der Waals surface area contributed by atoms with Crippen molar-refractivity contribution in [3.05, 3.63) is 23.8 Å². The molecule has 1 heterocycles. The fourth-order valence-corrected chi connectivity index (χ4v) is 2.69. The van der Waals surface area contributed by atoms with Crippen LogP contribution in [0.4, 0.5) is 11.4 Å². The van der Waals surface area contributed by atoms with Gasteiger partial charge in [-0.25, -0.2) is 0 Å². The number of rotatable bonds is 4. The molecule has 0 bridgehead atoms.